The van der Waals surface area contributed by atoms with E-state index in [1.165, 1.54) is 27.8 Å². The van der Waals surface area contributed by atoms with Crippen LogP contribution in [0.15, 0.2) is 53.7 Å². The zero-order valence-corrected chi connectivity index (χ0v) is 21.3. The van der Waals surface area contributed by atoms with Crippen LogP contribution in [0.25, 0.3) is 17.1 Å². The fraction of sp³-hybridized carbons (Fsp3) is 0.259. The zero-order valence-electron chi connectivity index (χ0n) is 19.7. The van der Waals surface area contributed by atoms with Gasteiger partial charge < -0.3 is 5.32 Å². The third-order valence-corrected chi connectivity index (χ3v) is 8.42. The Balaban J connectivity index is 1.40. The molecule has 1 N–H and O–H groups in total. The van der Waals surface area contributed by atoms with Crippen LogP contribution in [0, 0.1) is 25.2 Å². The number of hydrogen-bond acceptors (Lipinski definition) is 6. The second kappa shape index (κ2) is 10.1. The summed E-state index contributed by atoms with van der Waals surface area (Å²) < 4.78 is 2.00. The SMILES string of the molecule is Cc1ccc(-n2c(SCC(=O)Nc3sc4c(c3C#N)CCCC4)nnc2-c2ccccc2)cc1C. The van der Waals surface area contributed by atoms with Crippen molar-refractivity contribution in [1.29, 1.82) is 5.26 Å². The number of nitriles is 1. The molecule has 0 atom stereocenters. The number of rotatable bonds is 6. The van der Waals surface area contributed by atoms with Gasteiger partial charge in [0.1, 0.15) is 11.1 Å². The van der Waals surface area contributed by atoms with Gasteiger partial charge in [-0.2, -0.15) is 5.26 Å². The topological polar surface area (TPSA) is 83.6 Å². The number of aromatic nitrogens is 3. The van der Waals surface area contributed by atoms with Crippen molar-refractivity contribution < 1.29 is 4.79 Å². The number of thiophene rings is 1. The third kappa shape index (κ3) is 4.75. The van der Waals surface area contributed by atoms with Crippen molar-refractivity contribution in [3.8, 4) is 23.1 Å². The molecule has 0 saturated heterocycles. The van der Waals surface area contributed by atoms with E-state index < -0.39 is 0 Å². The van der Waals surface area contributed by atoms with Crippen LogP contribution in [0.4, 0.5) is 5.00 Å². The average molecular weight is 500 g/mol. The van der Waals surface area contributed by atoms with Gasteiger partial charge in [-0.1, -0.05) is 48.2 Å². The second-order valence-electron chi connectivity index (χ2n) is 8.64. The lowest BCUT2D eigenvalue weighted by Gasteiger charge is -2.12. The number of fused-ring (bicyclic) bond motifs is 1. The van der Waals surface area contributed by atoms with Gasteiger partial charge in [-0.3, -0.25) is 9.36 Å². The number of hydrogen-bond donors (Lipinski definition) is 1. The van der Waals surface area contributed by atoms with E-state index in [4.69, 9.17) is 0 Å². The standard InChI is InChI=1S/C27H25N5OS2/c1-17-12-13-20(14-18(17)2)32-25(19-8-4-3-5-9-19)30-31-27(32)34-16-24(33)29-26-22(15-28)21-10-6-7-11-23(21)35-26/h3-5,8-9,12-14H,6-7,10-11,16H2,1-2H3,(H,29,33). The summed E-state index contributed by atoms with van der Waals surface area (Å²) in [4.78, 5) is 14.1. The molecule has 176 valence electrons. The Labute approximate surface area is 213 Å². The molecular weight excluding hydrogens is 474 g/mol. The van der Waals surface area contributed by atoms with Crippen molar-refractivity contribution in [2.75, 3.05) is 11.1 Å². The molecule has 0 aliphatic heterocycles. The maximum Gasteiger partial charge on any atom is 0.235 e. The summed E-state index contributed by atoms with van der Waals surface area (Å²) in [7, 11) is 0. The Kier molecular flexibility index (Phi) is 6.71. The Bertz CT molecular complexity index is 1430. The van der Waals surface area contributed by atoms with E-state index in [1.807, 2.05) is 34.9 Å². The molecule has 1 aliphatic carbocycles. The van der Waals surface area contributed by atoms with E-state index >= 15 is 0 Å². The van der Waals surface area contributed by atoms with E-state index in [2.05, 4.69) is 53.6 Å². The molecule has 0 fully saturated rings. The maximum absolute atomic E-state index is 12.9. The number of carbonyl (C=O) groups excluding carboxylic acids is 1. The molecule has 0 radical (unpaired) electrons. The molecule has 0 saturated carbocycles. The minimum Gasteiger partial charge on any atom is -0.316 e. The van der Waals surface area contributed by atoms with Crippen molar-refractivity contribution in [2.45, 2.75) is 44.7 Å². The summed E-state index contributed by atoms with van der Waals surface area (Å²) in [5.74, 6) is 0.751. The van der Waals surface area contributed by atoms with Crippen LogP contribution in [-0.4, -0.2) is 26.4 Å². The Morgan fingerprint density at radius 3 is 2.69 bits per heavy atom. The molecule has 1 aliphatic rings. The lowest BCUT2D eigenvalue weighted by atomic mass is 9.96. The lowest BCUT2D eigenvalue weighted by molar-refractivity contribution is -0.113. The van der Waals surface area contributed by atoms with Gasteiger partial charge in [-0.25, -0.2) is 0 Å². The molecule has 2 heterocycles. The number of aryl methyl sites for hydroxylation is 3. The first-order valence-corrected chi connectivity index (χ1v) is 13.4. The quantitative estimate of drug-likeness (QED) is 0.324. The second-order valence-corrected chi connectivity index (χ2v) is 10.7. The minimum absolute atomic E-state index is 0.152. The lowest BCUT2D eigenvalue weighted by Crippen LogP contribution is -2.14. The van der Waals surface area contributed by atoms with Crippen LogP contribution in [0.5, 0.6) is 0 Å². The number of benzene rings is 2. The van der Waals surface area contributed by atoms with Gasteiger partial charge in [-0.05, 0) is 68.4 Å². The molecule has 2 aromatic carbocycles. The first kappa shape index (κ1) is 23.3. The summed E-state index contributed by atoms with van der Waals surface area (Å²) in [5, 5.41) is 22.9. The van der Waals surface area contributed by atoms with E-state index in [-0.39, 0.29) is 11.7 Å². The average Bonchev–Trinajstić information content (AvgIpc) is 3.45. The smallest absolute Gasteiger partial charge is 0.235 e. The predicted octanol–water partition coefficient (Wildman–Crippen LogP) is 6.09. The molecule has 1 amide bonds. The normalized spacial score (nSPS) is 12.7. The zero-order chi connectivity index (χ0) is 24.4. The summed E-state index contributed by atoms with van der Waals surface area (Å²) in [5.41, 5.74) is 6.05. The molecule has 2 aromatic heterocycles. The molecule has 0 bridgehead atoms. The van der Waals surface area contributed by atoms with Crippen LogP contribution in [0.3, 0.4) is 0 Å². The Morgan fingerprint density at radius 1 is 1.11 bits per heavy atom. The summed E-state index contributed by atoms with van der Waals surface area (Å²) in [6.45, 7) is 4.17. The fourth-order valence-corrected chi connectivity index (χ4v) is 6.31. The van der Waals surface area contributed by atoms with Crippen molar-refractivity contribution >= 4 is 34.0 Å². The first-order valence-electron chi connectivity index (χ1n) is 11.6. The highest BCUT2D eigenvalue weighted by molar-refractivity contribution is 7.99. The van der Waals surface area contributed by atoms with Crippen LogP contribution < -0.4 is 5.32 Å². The monoisotopic (exact) mass is 499 g/mol. The van der Waals surface area contributed by atoms with Crippen molar-refractivity contribution in [1.82, 2.24) is 14.8 Å². The molecule has 0 unspecified atom stereocenters. The highest BCUT2D eigenvalue weighted by atomic mass is 32.2. The van der Waals surface area contributed by atoms with E-state index in [9.17, 15) is 10.1 Å². The Hall–Kier alpha value is -3.41. The number of amides is 1. The minimum atomic E-state index is -0.152. The fourth-order valence-electron chi connectivity index (χ4n) is 4.30. The van der Waals surface area contributed by atoms with Crippen LogP contribution >= 0.6 is 23.1 Å². The number of carbonyl (C=O) groups is 1. The Morgan fingerprint density at radius 2 is 1.91 bits per heavy atom. The summed E-state index contributed by atoms with van der Waals surface area (Å²) in [6, 6.07) is 18.5. The van der Waals surface area contributed by atoms with Crippen molar-refractivity contribution in [2.24, 2.45) is 0 Å². The van der Waals surface area contributed by atoms with E-state index in [0.717, 1.165) is 48.3 Å². The molecule has 35 heavy (non-hydrogen) atoms. The van der Waals surface area contributed by atoms with Gasteiger partial charge in [0.25, 0.3) is 0 Å². The van der Waals surface area contributed by atoms with E-state index in [0.29, 0.717) is 15.7 Å². The molecule has 5 rings (SSSR count). The van der Waals surface area contributed by atoms with Gasteiger partial charge in [0.05, 0.1) is 17.0 Å². The van der Waals surface area contributed by atoms with Gasteiger partial charge in [0.15, 0.2) is 11.0 Å². The number of anilines is 1. The van der Waals surface area contributed by atoms with Gasteiger partial charge >= 0.3 is 0 Å². The largest absolute Gasteiger partial charge is 0.316 e. The van der Waals surface area contributed by atoms with Crippen molar-refractivity contribution in [3.63, 3.8) is 0 Å². The molecule has 8 heteroatoms. The summed E-state index contributed by atoms with van der Waals surface area (Å²) in [6.07, 6.45) is 4.14. The van der Waals surface area contributed by atoms with Gasteiger partial charge in [0.2, 0.25) is 5.91 Å². The highest BCUT2D eigenvalue weighted by Gasteiger charge is 2.23. The van der Waals surface area contributed by atoms with Crippen LogP contribution in [0.1, 0.15) is 40.0 Å². The first-order chi connectivity index (χ1) is 17.0. The number of thioether (sulfide) groups is 1. The highest BCUT2D eigenvalue weighted by Crippen LogP contribution is 2.38. The van der Waals surface area contributed by atoms with E-state index in [1.54, 1.807) is 11.3 Å². The van der Waals surface area contributed by atoms with Crippen molar-refractivity contribution in [3.05, 3.63) is 75.7 Å². The number of nitrogens with one attached hydrogen (secondary N) is 1. The molecule has 4 aromatic rings. The maximum atomic E-state index is 12.9. The number of nitrogens with zero attached hydrogens (tertiary/aromatic N) is 4. The van der Waals surface area contributed by atoms with Gasteiger partial charge in [-0.15, -0.1) is 21.5 Å². The van der Waals surface area contributed by atoms with Crippen LogP contribution in [-0.2, 0) is 17.6 Å². The molecular formula is C27H25N5OS2. The predicted molar refractivity (Wildman–Crippen MR) is 141 cm³/mol. The van der Waals surface area contributed by atoms with Gasteiger partial charge in [0, 0.05) is 10.4 Å². The summed E-state index contributed by atoms with van der Waals surface area (Å²) >= 11 is 2.89. The van der Waals surface area contributed by atoms with Crippen LogP contribution in [0.2, 0.25) is 0 Å². The molecule has 0 spiro atoms. The third-order valence-electron chi connectivity index (χ3n) is 6.28. The molecule has 6 nitrogen and oxygen atoms in total.